The van der Waals surface area contributed by atoms with Gasteiger partial charge in [-0.25, -0.2) is 0 Å². The van der Waals surface area contributed by atoms with Crippen LogP contribution in [0.15, 0.2) is 35.1 Å². The van der Waals surface area contributed by atoms with Crippen LogP contribution >= 0.6 is 15.9 Å². The summed E-state index contributed by atoms with van der Waals surface area (Å²) in [5, 5.41) is 14.1. The van der Waals surface area contributed by atoms with Crippen LogP contribution in [0.1, 0.15) is 13.3 Å². The minimum atomic E-state index is -0.507. The summed E-state index contributed by atoms with van der Waals surface area (Å²) in [7, 11) is 0. The highest BCUT2D eigenvalue weighted by Crippen LogP contribution is 2.33. The molecule has 7 nitrogen and oxygen atoms in total. The maximum Gasteiger partial charge on any atom is 0.312 e. The van der Waals surface area contributed by atoms with Gasteiger partial charge in [0.05, 0.1) is 17.3 Å². The van der Waals surface area contributed by atoms with Crippen molar-refractivity contribution in [1.29, 1.82) is 0 Å². The Balaban J connectivity index is 2.24. The van der Waals surface area contributed by atoms with Crippen LogP contribution < -0.4 is 10.1 Å². The second kappa shape index (κ2) is 6.98. The quantitative estimate of drug-likeness (QED) is 0.628. The topological polar surface area (TPSA) is 90.2 Å². The molecule has 21 heavy (non-hydrogen) atoms. The number of hydrogen-bond donors (Lipinski definition) is 1. The Morgan fingerprint density at radius 3 is 2.95 bits per heavy atom. The zero-order chi connectivity index (χ0) is 15.2. The Bertz CT molecular complexity index is 651. The minimum absolute atomic E-state index is 0.116. The fourth-order valence-electron chi connectivity index (χ4n) is 1.57. The summed E-state index contributed by atoms with van der Waals surface area (Å²) < 4.78 is 6.07. The van der Waals surface area contributed by atoms with Crippen LogP contribution in [0.3, 0.4) is 0 Å². The van der Waals surface area contributed by atoms with Crippen molar-refractivity contribution in [2.24, 2.45) is 0 Å². The van der Waals surface area contributed by atoms with Gasteiger partial charge in [-0.1, -0.05) is 22.9 Å². The van der Waals surface area contributed by atoms with Gasteiger partial charge in [0.1, 0.15) is 5.82 Å². The summed E-state index contributed by atoms with van der Waals surface area (Å²) in [6, 6.07) is 4.55. The highest BCUT2D eigenvalue weighted by atomic mass is 79.9. The summed E-state index contributed by atoms with van der Waals surface area (Å²) in [5.41, 5.74) is -0.141. The zero-order valence-corrected chi connectivity index (χ0v) is 12.8. The number of aromatic nitrogens is 2. The predicted octanol–water partition coefficient (Wildman–Crippen LogP) is 3.76. The Morgan fingerprint density at radius 2 is 2.24 bits per heavy atom. The largest absolute Gasteiger partial charge is 0.430 e. The second-order valence-electron chi connectivity index (χ2n) is 4.14. The van der Waals surface area contributed by atoms with Gasteiger partial charge in [-0.3, -0.25) is 15.1 Å². The van der Waals surface area contributed by atoms with Crippen LogP contribution in [-0.2, 0) is 0 Å². The lowest BCUT2D eigenvalue weighted by Crippen LogP contribution is -2.03. The van der Waals surface area contributed by atoms with Gasteiger partial charge in [0, 0.05) is 17.1 Å². The maximum absolute atomic E-state index is 11.0. The first kappa shape index (κ1) is 15.2. The van der Waals surface area contributed by atoms with Gasteiger partial charge in [-0.2, -0.15) is 4.98 Å². The standard InChI is InChI=1S/C13H13BrN4O3/c1-2-5-16-12-7-15-8-13(17-12)21-11-4-3-9(14)6-10(11)18(19)20/h3-4,6-8H,2,5H2,1H3,(H,16,17). The average Bonchev–Trinajstić information content (AvgIpc) is 2.47. The molecule has 0 unspecified atom stereocenters. The number of nitrogens with zero attached hydrogens (tertiary/aromatic N) is 3. The third-order valence-corrected chi connectivity index (χ3v) is 2.99. The van der Waals surface area contributed by atoms with Crippen molar-refractivity contribution in [1.82, 2.24) is 9.97 Å². The van der Waals surface area contributed by atoms with E-state index in [0.29, 0.717) is 10.3 Å². The van der Waals surface area contributed by atoms with Crippen LogP contribution in [0.4, 0.5) is 11.5 Å². The monoisotopic (exact) mass is 352 g/mol. The molecule has 0 saturated carbocycles. The predicted molar refractivity (Wildman–Crippen MR) is 81.7 cm³/mol. The van der Waals surface area contributed by atoms with E-state index in [2.05, 4.69) is 31.2 Å². The number of ether oxygens (including phenoxy) is 1. The van der Waals surface area contributed by atoms with Crippen molar-refractivity contribution in [2.75, 3.05) is 11.9 Å². The molecule has 0 atom stereocenters. The summed E-state index contributed by atoms with van der Waals surface area (Å²) in [6.07, 6.45) is 3.92. The number of hydrogen-bond acceptors (Lipinski definition) is 6. The molecular formula is C13H13BrN4O3. The molecule has 1 heterocycles. The van der Waals surface area contributed by atoms with Crippen LogP contribution in [0, 0.1) is 10.1 Å². The third-order valence-electron chi connectivity index (χ3n) is 2.50. The van der Waals surface area contributed by atoms with Crippen molar-refractivity contribution < 1.29 is 9.66 Å². The van der Waals surface area contributed by atoms with Crippen molar-refractivity contribution in [2.45, 2.75) is 13.3 Å². The molecule has 0 aliphatic rings. The van der Waals surface area contributed by atoms with E-state index in [1.807, 2.05) is 6.92 Å². The molecule has 0 aliphatic heterocycles. The number of rotatable bonds is 6. The molecule has 110 valence electrons. The normalized spacial score (nSPS) is 10.2. The van der Waals surface area contributed by atoms with Crippen LogP contribution in [0.25, 0.3) is 0 Å². The highest BCUT2D eigenvalue weighted by Gasteiger charge is 2.17. The number of nitro benzene ring substituents is 1. The molecule has 1 aromatic heterocycles. The van der Waals surface area contributed by atoms with E-state index < -0.39 is 4.92 Å². The van der Waals surface area contributed by atoms with Gasteiger partial charge in [0.2, 0.25) is 11.6 Å². The van der Waals surface area contributed by atoms with Gasteiger partial charge < -0.3 is 10.1 Å². The molecular weight excluding hydrogens is 340 g/mol. The molecule has 0 bridgehead atoms. The van der Waals surface area contributed by atoms with E-state index in [1.165, 1.54) is 18.3 Å². The smallest absolute Gasteiger partial charge is 0.312 e. The summed E-state index contributed by atoms with van der Waals surface area (Å²) in [5.74, 6) is 0.876. The highest BCUT2D eigenvalue weighted by molar-refractivity contribution is 9.10. The van der Waals surface area contributed by atoms with Crippen LogP contribution in [0.5, 0.6) is 11.6 Å². The van der Waals surface area contributed by atoms with Crippen LogP contribution in [0.2, 0.25) is 0 Å². The lowest BCUT2D eigenvalue weighted by molar-refractivity contribution is -0.385. The van der Waals surface area contributed by atoms with E-state index in [4.69, 9.17) is 4.74 Å². The summed E-state index contributed by atoms with van der Waals surface area (Å²) in [6.45, 7) is 2.79. The van der Waals surface area contributed by atoms with Gasteiger partial charge in [0.25, 0.3) is 0 Å². The number of halogens is 1. The third kappa shape index (κ3) is 4.12. The molecule has 0 radical (unpaired) electrons. The minimum Gasteiger partial charge on any atom is -0.430 e. The molecule has 2 aromatic rings. The number of nitro groups is 1. The van der Waals surface area contributed by atoms with Gasteiger partial charge >= 0.3 is 5.69 Å². The number of nitrogens with one attached hydrogen (secondary N) is 1. The van der Waals surface area contributed by atoms with E-state index in [-0.39, 0.29) is 17.3 Å². The molecule has 1 N–H and O–H groups in total. The van der Waals surface area contributed by atoms with Gasteiger partial charge in [0.15, 0.2) is 0 Å². The molecule has 1 aromatic carbocycles. The molecule has 0 spiro atoms. The Morgan fingerprint density at radius 1 is 1.43 bits per heavy atom. The second-order valence-corrected chi connectivity index (χ2v) is 5.06. The summed E-state index contributed by atoms with van der Waals surface area (Å²) >= 11 is 3.19. The average molecular weight is 353 g/mol. The fraction of sp³-hybridized carbons (Fsp3) is 0.231. The molecule has 0 saturated heterocycles. The summed E-state index contributed by atoms with van der Waals surface area (Å²) in [4.78, 5) is 18.7. The molecule has 0 aliphatic carbocycles. The lowest BCUT2D eigenvalue weighted by Gasteiger charge is -2.07. The van der Waals surface area contributed by atoms with Gasteiger partial charge in [-0.05, 0) is 18.6 Å². The number of anilines is 1. The molecule has 0 amide bonds. The maximum atomic E-state index is 11.0. The molecule has 0 fully saturated rings. The van der Waals surface area contributed by atoms with Crippen molar-refractivity contribution in [3.63, 3.8) is 0 Å². The van der Waals surface area contributed by atoms with E-state index in [0.717, 1.165) is 13.0 Å². The lowest BCUT2D eigenvalue weighted by atomic mass is 10.3. The van der Waals surface area contributed by atoms with Gasteiger partial charge in [-0.15, -0.1) is 0 Å². The van der Waals surface area contributed by atoms with E-state index in [1.54, 1.807) is 12.3 Å². The Kier molecular flexibility index (Phi) is 5.04. The van der Waals surface area contributed by atoms with Crippen molar-refractivity contribution >= 4 is 27.4 Å². The Labute approximate surface area is 129 Å². The first-order chi connectivity index (χ1) is 10.1. The first-order valence-electron chi connectivity index (χ1n) is 6.28. The molecule has 2 rings (SSSR count). The van der Waals surface area contributed by atoms with Crippen molar-refractivity contribution in [3.05, 3.63) is 45.2 Å². The SMILES string of the molecule is CCCNc1cncc(Oc2ccc(Br)cc2[N+](=O)[O-])n1. The van der Waals surface area contributed by atoms with Crippen molar-refractivity contribution in [3.8, 4) is 11.6 Å². The zero-order valence-electron chi connectivity index (χ0n) is 11.2. The fourth-order valence-corrected chi connectivity index (χ4v) is 1.92. The first-order valence-corrected chi connectivity index (χ1v) is 7.07. The van der Waals surface area contributed by atoms with E-state index in [9.17, 15) is 10.1 Å². The molecule has 8 heteroatoms. The number of benzene rings is 1. The van der Waals surface area contributed by atoms with Crippen LogP contribution in [-0.4, -0.2) is 21.4 Å². The van der Waals surface area contributed by atoms with E-state index >= 15 is 0 Å². The Hall–Kier alpha value is -2.22.